The van der Waals surface area contributed by atoms with Crippen LogP contribution in [0.1, 0.15) is 258 Å². The number of allylic oxidation sites excluding steroid dienone is 21. The van der Waals surface area contributed by atoms with Crippen LogP contribution in [-0.4, -0.2) is 37.2 Å². The maximum Gasteiger partial charge on any atom is 0.310 e. The minimum Gasteiger partial charge on any atom is -0.462 e. The molecule has 74 heavy (non-hydrogen) atoms. The van der Waals surface area contributed by atoms with E-state index >= 15 is 0 Å². The molecule has 0 spiro atoms. The normalized spacial score (nSPS) is 13.1. The van der Waals surface area contributed by atoms with Crippen molar-refractivity contribution in [2.45, 2.75) is 264 Å². The average molecular weight is 1020 g/mol. The number of hydrogen-bond acceptors (Lipinski definition) is 6. The molecule has 0 rings (SSSR count). The quantitative estimate of drug-likeness (QED) is 0.0261. The minimum absolute atomic E-state index is 0.0897. The van der Waals surface area contributed by atoms with Gasteiger partial charge in [-0.15, -0.1) is 0 Å². The SMILES string of the molecule is CC/C=C\C/C=C\C/C=C\C/C=C\C/C=C\CC(=O)OC(COC(=O)CCCCCCC/C=C\C/C=C\CCCC)COC(=O)CCCCCCCCCCCCCCCC/C=C\C/C=C\C/C=C\C/C=C\CC. The highest BCUT2D eigenvalue weighted by Crippen LogP contribution is 2.15. The summed E-state index contributed by atoms with van der Waals surface area (Å²) < 4.78 is 16.8. The van der Waals surface area contributed by atoms with E-state index in [2.05, 4.69) is 142 Å². The Morgan fingerprint density at radius 2 is 0.568 bits per heavy atom. The molecule has 0 bridgehead atoms. The van der Waals surface area contributed by atoms with Crippen LogP contribution in [0.25, 0.3) is 0 Å². The maximum atomic E-state index is 12.8. The van der Waals surface area contributed by atoms with Gasteiger partial charge < -0.3 is 14.2 Å². The number of ether oxygens (including phenoxy) is 3. The first-order chi connectivity index (χ1) is 36.5. The van der Waals surface area contributed by atoms with Gasteiger partial charge in [-0.1, -0.05) is 264 Å². The highest BCUT2D eigenvalue weighted by Gasteiger charge is 2.19. The fraction of sp³-hybridized carbons (Fsp3) is 0.632. The molecule has 1 atom stereocenters. The van der Waals surface area contributed by atoms with Gasteiger partial charge >= 0.3 is 17.9 Å². The van der Waals surface area contributed by atoms with Crippen LogP contribution in [0, 0.1) is 0 Å². The van der Waals surface area contributed by atoms with Crippen LogP contribution in [-0.2, 0) is 28.6 Å². The topological polar surface area (TPSA) is 78.9 Å². The first kappa shape index (κ1) is 69.5. The number of unbranched alkanes of at least 4 members (excludes halogenated alkanes) is 21. The van der Waals surface area contributed by atoms with Gasteiger partial charge in [-0.2, -0.15) is 0 Å². The summed E-state index contributed by atoms with van der Waals surface area (Å²) in [6.45, 7) is 6.28. The Morgan fingerprint density at radius 3 is 0.892 bits per heavy atom. The Hall–Kier alpha value is -4.45. The summed E-state index contributed by atoms with van der Waals surface area (Å²) in [5.41, 5.74) is 0. The van der Waals surface area contributed by atoms with Crippen LogP contribution in [0.5, 0.6) is 0 Å². The van der Waals surface area contributed by atoms with Gasteiger partial charge in [0, 0.05) is 12.8 Å². The Labute approximate surface area is 455 Å². The van der Waals surface area contributed by atoms with Crippen LogP contribution in [0.15, 0.2) is 134 Å². The highest BCUT2D eigenvalue weighted by atomic mass is 16.6. The second-order valence-electron chi connectivity index (χ2n) is 19.5. The molecule has 0 aliphatic rings. The second-order valence-corrected chi connectivity index (χ2v) is 19.5. The molecule has 0 aliphatic carbocycles. The second kappa shape index (κ2) is 61.1. The molecule has 0 aromatic heterocycles. The molecule has 0 aliphatic heterocycles. The lowest BCUT2D eigenvalue weighted by molar-refractivity contribution is -0.166. The van der Waals surface area contributed by atoms with Crippen molar-refractivity contribution in [1.29, 1.82) is 0 Å². The third kappa shape index (κ3) is 58.4. The third-order valence-corrected chi connectivity index (χ3v) is 12.4. The fourth-order valence-electron chi connectivity index (χ4n) is 7.94. The standard InChI is InChI=1S/C68H110O6/c1-4-7-10-13-16-19-22-25-28-29-30-31-32-33-34-35-36-37-38-39-41-43-46-49-52-55-58-61-67(70)73-64-65(63-72-66(69)60-57-54-51-48-45-42-27-24-21-18-15-12-9-6-3)74-68(71)62-59-56-53-50-47-44-40-26-23-20-17-14-11-8-5-2/h7-8,10-11,15-20,24-28,30-31,40,47,50,56,59,65H,4-6,9,12-14,21-23,29,32-39,41-46,48-49,51-55,57-58,60-64H2,1-3H3/b10-7-,11-8-,18-15-,19-16-,20-17-,27-24-,28-25-,31-30-,40-26-,50-47-,59-56-. The van der Waals surface area contributed by atoms with Gasteiger partial charge in [-0.25, -0.2) is 0 Å². The maximum absolute atomic E-state index is 12.8. The van der Waals surface area contributed by atoms with E-state index in [9.17, 15) is 14.4 Å². The van der Waals surface area contributed by atoms with Crippen molar-refractivity contribution in [3.63, 3.8) is 0 Å². The number of carbonyl (C=O) groups is 3. The molecule has 0 amide bonds. The van der Waals surface area contributed by atoms with E-state index in [0.29, 0.717) is 19.3 Å². The lowest BCUT2D eigenvalue weighted by Crippen LogP contribution is -2.30. The largest absolute Gasteiger partial charge is 0.462 e. The molecule has 0 saturated carbocycles. The summed E-state index contributed by atoms with van der Waals surface area (Å²) in [6, 6.07) is 0. The molecule has 0 aromatic carbocycles. The highest BCUT2D eigenvalue weighted by molar-refractivity contribution is 5.72. The van der Waals surface area contributed by atoms with Crippen LogP contribution in [0.3, 0.4) is 0 Å². The minimum atomic E-state index is -0.843. The summed E-state index contributed by atoms with van der Waals surface area (Å²) in [5, 5.41) is 0. The van der Waals surface area contributed by atoms with Crippen molar-refractivity contribution in [2.24, 2.45) is 0 Å². The van der Waals surface area contributed by atoms with Crippen LogP contribution in [0.2, 0.25) is 0 Å². The molecule has 0 saturated heterocycles. The van der Waals surface area contributed by atoms with Crippen LogP contribution < -0.4 is 0 Å². The zero-order valence-electron chi connectivity index (χ0n) is 47.8. The first-order valence-electron chi connectivity index (χ1n) is 30.2. The summed E-state index contributed by atoms with van der Waals surface area (Å²) in [7, 11) is 0. The van der Waals surface area contributed by atoms with E-state index in [-0.39, 0.29) is 31.6 Å². The predicted octanol–water partition coefficient (Wildman–Crippen LogP) is 20.6. The zero-order valence-corrected chi connectivity index (χ0v) is 47.8. The van der Waals surface area contributed by atoms with Crippen molar-refractivity contribution >= 4 is 17.9 Å². The molecule has 0 heterocycles. The van der Waals surface area contributed by atoms with Crippen LogP contribution >= 0.6 is 0 Å². The molecule has 6 heteroatoms. The van der Waals surface area contributed by atoms with Gasteiger partial charge in [0.25, 0.3) is 0 Å². The van der Waals surface area contributed by atoms with E-state index < -0.39 is 12.1 Å². The predicted molar refractivity (Wildman–Crippen MR) is 320 cm³/mol. The van der Waals surface area contributed by atoms with Gasteiger partial charge in [0.05, 0.1) is 6.42 Å². The average Bonchev–Trinajstić information content (AvgIpc) is 3.40. The van der Waals surface area contributed by atoms with Crippen molar-refractivity contribution in [2.75, 3.05) is 13.2 Å². The molecule has 418 valence electrons. The number of rotatable bonds is 53. The van der Waals surface area contributed by atoms with E-state index in [1.54, 1.807) is 6.08 Å². The van der Waals surface area contributed by atoms with Gasteiger partial charge in [-0.05, 0) is 109 Å². The van der Waals surface area contributed by atoms with Gasteiger partial charge in [0.2, 0.25) is 0 Å². The van der Waals surface area contributed by atoms with E-state index in [0.717, 1.165) is 116 Å². The summed E-state index contributed by atoms with van der Waals surface area (Å²) in [5.74, 6) is -1.07. The van der Waals surface area contributed by atoms with Crippen molar-refractivity contribution in [3.8, 4) is 0 Å². The fourth-order valence-corrected chi connectivity index (χ4v) is 7.94. The first-order valence-corrected chi connectivity index (χ1v) is 30.2. The molecular weight excluding hydrogens is 913 g/mol. The Balaban J connectivity index is 4.37. The van der Waals surface area contributed by atoms with Gasteiger partial charge in [-0.3, -0.25) is 14.4 Å². The lowest BCUT2D eigenvalue weighted by atomic mass is 10.0. The molecule has 6 nitrogen and oxygen atoms in total. The van der Waals surface area contributed by atoms with E-state index in [1.165, 1.54) is 96.3 Å². The Bertz CT molecular complexity index is 1600. The van der Waals surface area contributed by atoms with E-state index in [4.69, 9.17) is 14.2 Å². The zero-order chi connectivity index (χ0) is 53.6. The van der Waals surface area contributed by atoms with Gasteiger partial charge in [0.1, 0.15) is 13.2 Å². The molecule has 0 aromatic rings. The Kier molecular flexibility index (Phi) is 57.4. The molecule has 0 fully saturated rings. The summed E-state index contributed by atoms with van der Waals surface area (Å²) in [6.07, 6.45) is 86.3. The Morgan fingerprint density at radius 1 is 0.297 bits per heavy atom. The molecule has 1 unspecified atom stereocenters. The monoisotopic (exact) mass is 1020 g/mol. The molecule has 0 radical (unpaired) electrons. The van der Waals surface area contributed by atoms with E-state index in [1.807, 2.05) is 6.08 Å². The summed E-state index contributed by atoms with van der Waals surface area (Å²) >= 11 is 0. The number of hydrogen-bond donors (Lipinski definition) is 0. The summed E-state index contributed by atoms with van der Waals surface area (Å²) in [4.78, 5) is 38.1. The smallest absolute Gasteiger partial charge is 0.310 e. The number of carbonyl (C=O) groups excluding carboxylic acids is 3. The molecule has 0 N–H and O–H groups in total. The van der Waals surface area contributed by atoms with Crippen molar-refractivity contribution in [1.82, 2.24) is 0 Å². The number of esters is 3. The van der Waals surface area contributed by atoms with Crippen molar-refractivity contribution in [3.05, 3.63) is 134 Å². The molecular formula is C68H110O6. The van der Waals surface area contributed by atoms with Gasteiger partial charge in [0.15, 0.2) is 6.10 Å². The lowest BCUT2D eigenvalue weighted by Gasteiger charge is -2.18. The van der Waals surface area contributed by atoms with Crippen molar-refractivity contribution < 1.29 is 28.6 Å². The van der Waals surface area contributed by atoms with Crippen LogP contribution in [0.4, 0.5) is 0 Å². The third-order valence-electron chi connectivity index (χ3n) is 12.4.